The van der Waals surface area contributed by atoms with Crippen LogP contribution in [-0.4, -0.2) is 41.0 Å². The summed E-state index contributed by atoms with van der Waals surface area (Å²) >= 11 is 3.41. The number of carbonyl (C=O) groups is 2. The fraction of sp³-hybridized carbons (Fsp3) is 0.300. The fourth-order valence-electron chi connectivity index (χ4n) is 4.61. The molecule has 0 aliphatic carbocycles. The molecule has 3 fully saturated rings. The Kier molecular flexibility index (Phi) is 3.74. The molecule has 2 aromatic carbocycles. The molecule has 3 atom stereocenters. The van der Waals surface area contributed by atoms with Gasteiger partial charge in [0, 0.05) is 17.6 Å². The van der Waals surface area contributed by atoms with Crippen LogP contribution >= 0.6 is 15.9 Å². The number of halogens is 1. The summed E-state index contributed by atoms with van der Waals surface area (Å²) in [5.74, 6) is -0.549. The lowest BCUT2D eigenvalue weighted by Crippen LogP contribution is -2.44. The Hall–Kier alpha value is -2.02. The van der Waals surface area contributed by atoms with E-state index in [0.29, 0.717) is 5.69 Å². The molecular formula is C20H18BrN3O2. The Morgan fingerprint density at radius 2 is 1.46 bits per heavy atom. The summed E-state index contributed by atoms with van der Waals surface area (Å²) in [4.78, 5) is 27.9. The number of amides is 2. The molecule has 2 aromatic rings. The molecule has 5 rings (SSSR count). The van der Waals surface area contributed by atoms with Crippen LogP contribution in [0.25, 0.3) is 0 Å². The quantitative estimate of drug-likeness (QED) is 0.712. The topological polar surface area (TPSA) is 43.9 Å². The van der Waals surface area contributed by atoms with Gasteiger partial charge in [0.15, 0.2) is 0 Å². The number of benzene rings is 2. The van der Waals surface area contributed by atoms with Gasteiger partial charge in [-0.15, -0.1) is 0 Å². The van der Waals surface area contributed by atoms with Gasteiger partial charge in [-0.1, -0.05) is 46.3 Å². The van der Waals surface area contributed by atoms with Crippen LogP contribution in [0.2, 0.25) is 0 Å². The van der Waals surface area contributed by atoms with Crippen LogP contribution in [0.4, 0.5) is 5.69 Å². The molecule has 0 aromatic heterocycles. The molecule has 0 N–H and O–H groups in total. The van der Waals surface area contributed by atoms with Gasteiger partial charge < -0.3 is 0 Å². The number of imide groups is 1. The number of rotatable bonds is 2. The molecule has 3 saturated heterocycles. The zero-order valence-corrected chi connectivity index (χ0v) is 15.7. The van der Waals surface area contributed by atoms with Gasteiger partial charge in [0.2, 0.25) is 5.91 Å². The number of fused-ring (bicyclic) bond motifs is 3. The maximum absolute atomic E-state index is 13.3. The lowest BCUT2D eigenvalue weighted by atomic mass is 9.90. The number of hydrogen-bond acceptors (Lipinski definition) is 4. The van der Waals surface area contributed by atoms with Crippen LogP contribution < -0.4 is 4.90 Å². The van der Waals surface area contributed by atoms with E-state index in [-0.39, 0.29) is 29.8 Å². The summed E-state index contributed by atoms with van der Waals surface area (Å²) in [5.41, 5.74) is 1.75. The van der Waals surface area contributed by atoms with E-state index in [9.17, 15) is 9.59 Å². The van der Waals surface area contributed by atoms with Crippen molar-refractivity contribution >= 4 is 33.4 Å². The van der Waals surface area contributed by atoms with Crippen LogP contribution in [0.5, 0.6) is 0 Å². The Bertz CT molecular complexity index is 870. The van der Waals surface area contributed by atoms with Crippen molar-refractivity contribution < 1.29 is 9.59 Å². The van der Waals surface area contributed by atoms with E-state index in [1.54, 1.807) is 0 Å². The van der Waals surface area contributed by atoms with Gasteiger partial charge in [0.25, 0.3) is 5.91 Å². The number of hydrogen-bond donors (Lipinski definition) is 0. The minimum Gasteiger partial charge on any atom is -0.274 e. The molecule has 0 unspecified atom stereocenters. The van der Waals surface area contributed by atoms with E-state index < -0.39 is 0 Å². The first-order valence-corrected chi connectivity index (χ1v) is 9.67. The van der Waals surface area contributed by atoms with Crippen molar-refractivity contribution in [3.05, 3.63) is 64.6 Å². The minimum atomic E-state index is -0.390. The highest BCUT2D eigenvalue weighted by atomic mass is 79.9. The zero-order chi connectivity index (χ0) is 17.8. The van der Waals surface area contributed by atoms with E-state index in [1.165, 1.54) is 4.90 Å². The van der Waals surface area contributed by atoms with Gasteiger partial charge in [0.05, 0.1) is 17.6 Å². The number of nitrogens with zero attached hydrogens (tertiary/aromatic N) is 3. The molecule has 0 spiro atoms. The maximum atomic E-state index is 13.3. The monoisotopic (exact) mass is 411 g/mol. The van der Waals surface area contributed by atoms with Crippen molar-refractivity contribution in [3.8, 4) is 0 Å². The van der Waals surface area contributed by atoms with Crippen LogP contribution in [0, 0.1) is 5.92 Å². The Balaban J connectivity index is 1.58. The highest BCUT2D eigenvalue weighted by molar-refractivity contribution is 9.10. The first-order valence-electron chi connectivity index (χ1n) is 8.88. The summed E-state index contributed by atoms with van der Waals surface area (Å²) < 4.78 is 0.924. The lowest BCUT2D eigenvalue weighted by Gasteiger charge is -2.29. The largest absolute Gasteiger partial charge is 0.274 e. The second kappa shape index (κ2) is 6.01. The molecule has 3 aliphatic heterocycles. The second-order valence-corrected chi connectivity index (χ2v) is 7.91. The lowest BCUT2D eigenvalue weighted by molar-refractivity contribution is -0.126. The average Bonchev–Trinajstić information content (AvgIpc) is 3.29. The first-order chi connectivity index (χ1) is 12.7. The second-order valence-electron chi connectivity index (χ2n) is 6.99. The van der Waals surface area contributed by atoms with E-state index in [0.717, 1.165) is 29.5 Å². The predicted molar refractivity (Wildman–Crippen MR) is 101 cm³/mol. The average molecular weight is 412 g/mol. The molecule has 0 bridgehead atoms. The van der Waals surface area contributed by atoms with E-state index in [1.807, 2.05) is 42.5 Å². The first kappa shape index (κ1) is 16.2. The summed E-state index contributed by atoms with van der Waals surface area (Å²) in [7, 11) is 0. The standard InChI is InChI=1S/C20H18BrN3O2/c21-14-7-9-15(10-8-14)24-19(25)16-17(13-5-2-1-3-6-13)22-11-4-12-23(22)18(16)20(24)26/h1-3,5-10,16-18H,4,11-12H2/t16-,17-,18+/m0/s1. The highest BCUT2D eigenvalue weighted by Crippen LogP contribution is 2.48. The highest BCUT2D eigenvalue weighted by Gasteiger charge is 2.62. The summed E-state index contributed by atoms with van der Waals surface area (Å²) in [5, 5.41) is 4.36. The smallest absolute Gasteiger partial charge is 0.253 e. The van der Waals surface area contributed by atoms with Crippen molar-refractivity contribution in [2.75, 3.05) is 18.0 Å². The molecule has 2 amide bonds. The molecule has 3 aliphatic rings. The SMILES string of the molecule is O=C1[C@@H]2[C@H](C(=O)N1c1ccc(Br)cc1)N1CCCN1[C@H]2c1ccccc1. The van der Waals surface area contributed by atoms with Gasteiger partial charge in [-0.3, -0.25) is 9.59 Å². The van der Waals surface area contributed by atoms with Crippen LogP contribution in [0.3, 0.4) is 0 Å². The van der Waals surface area contributed by atoms with Crippen molar-refractivity contribution in [2.24, 2.45) is 5.92 Å². The maximum Gasteiger partial charge on any atom is 0.253 e. The molecule has 3 heterocycles. The van der Waals surface area contributed by atoms with Crippen molar-refractivity contribution in [3.63, 3.8) is 0 Å². The predicted octanol–water partition coefficient (Wildman–Crippen LogP) is 2.98. The van der Waals surface area contributed by atoms with E-state index in [4.69, 9.17) is 0 Å². The summed E-state index contributed by atoms with van der Waals surface area (Å²) in [6.07, 6.45) is 1.02. The Morgan fingerprint density at radius 1 is 0.808 bits per heavy atom. The molecular weight excluding hydrogens is 394 g/mol. The van der Waals surface area contributed by atoms with Crippen molar-refractivity contribution in [2.45, 2.75) is 18.5 Å². The van der Waals surface area contributed by atoms with Crippen LogP contribution in [-0.2, 0) is 9.59 Å². The summed E-state index contributed by atoms with van der Waals surface area (Å²) in [6, 6.07) is 17.0. The Labute approximate surface area is 160 Å². The fourth-order valence-corrected chi connectivity index (χ4v) is 4.87. The van der Waals surface area contributed by atoms with Crippen LogP contribution in [0.1, 0.15) is 18.0 Å². The Morgan fingerprint density at radius 3 is 2.15 bits per heavy atom. The molecule has 132 valence electrons. The van der Waals surface area contributed by atoms with Gasteiger partial charge in [-0.05, 0) is 36.2 Å². The van der Waals surface area contributed by atoms with Crippen molar-refractivity contribution in [1.82, 2.24) is 10.0 Å². The third-order valence-electron chi connectivity index (χ3n) is 5.63. The van der Waals surface area contributed by atoms with Gasteiger partial charge in [0.1, 0.15) is 6.04 Å². The van der Waals surface area contributed by atoms with Gasteiger partial charge in [-0.2, -0.15) is 0 Å². The zero-order valence-electron chi connectivity index (χ0n) is 14.1. The van der Waals surface area contributed by atoms with Gasteiger partial charge >= 0.3 is 0 Å². The van der Waals surface area contributed by atoms with E-state index in [2.05, 4.69) is 38.1 Å². The van der Waals surface area contributed by atoms with E-state index >= 15 is 0 Å². The molecule has 0 radical (unpaired) electrons. The number of hydrazine groups is 1. The van der Waals surface area contributed by atoms with Gasteiger partial charge in [-0.25, -0.2) is 14.9 Å². The molecule has 5 nitrogen and oxygen atoms in total. The third-order valence-corrected chi connectivity index (χ3v) is 6.16. The van der Waals surface area contributed by atoms with Crippen molar-refractivity contribution in [1.29, 1.82) is 0 Å². The number of anilines is 1. The van der Waals surface area contributed by atoms with Crippen LogP contribution in [0.15, 0.2) is 59.1 Å². The number of carbonyl (C=O) groups excluding carboxylic acids is 2. The molecule has 6 heteroatoms. The normalized spacial score (nSPS) is 28.7. The third kappa shape index (κ3) is 2.22. The minimum absolute atomic E-state index is 0.0689. The molecule has 0 saturated carbocycles. The summed E-state index contributed by atoms with van der Waals surface area (Å²) in [6.45, 7) is 1.73. The molecule has 26 heavy (non-hydrogen) atoms.